The van der Waals surface area contributed by atoms with Crippen LogP contribution in [0.2, 0.25) is 0 Å². The maximum absolute atomic E-state index is 8.08. The maximum Gasteiger partial charge on any atom is 0.193 e. The first-order valence-corrected chi connectivity index (χ1v) is 11.4. The van der Waals surface area contributed by atoms with Crippen LogP contribution in [0.1, 0.15) is 45.2 Å². The van der Waals surface area contributed by atoms with Crippen LogP contribution in [-0.4, -0.2) is 4.98 Å². The van der Waals surface area contributed by atoms with Gasteiger partial charge in [0.05, 0.1) is 6.57 Å². The molecule has 1 heterocycles. The lowest BCUT2D eigenvalue weighted by Crippen LogP contribution is -2.27. The summed E-state index contributed by atoms with van der Waals surface area (Å²) in [4.78, 5) is 7.72. The summed E-state index contributed by atoms with van der Waals surface area (Å²) in [5.74, 6) is 0.241. The topological polar surface area (TPSA) is 20.1 Å². The van der Waals surface area contributed by atoms with Crippen LogP contribution in [0.15, 0.2) is 91.0 Å². The van der Waals surface area contributed by atoms with Crippen molar-refractivity contribution >= 4 is 38.3 Å². The van der Waals surface area contributed by atoms with Crippen molar-refractivity contribution in [3.63, 3.8) is 0 Å². The molecule has 0 radical (unpaired) electrons. The number of H-pyrrole nitrogens is 1. The lowest BCUT2D eigenvalue weighted by Gasteiger charge is -2.43. The summed E-state index contributed by atoms with van der Waals surface area (Å²) < 4.78 is 0. The molecular weight excluding hydrogens is 400 g/mol. The highest BCUT2D eigenvalue weighted by atomic mass is 14.7. The predicted octanol–water partition coefficient (Wildman–Crippen LogP) is 8.01. The molecule has 33 heavy (non-hydrogen) atoms. The molecule has 2 bridgehead atoms. The Labute approximate surface area is 190 Å². The van der Waals surface area contributed by atoms with Crippen LogP contribution in [0.4, 0.5) is 5.69 Å². The number of benzene rings is 5. The van der Waals surface area contributed by atoms with E-state index in [9.17, 15) is 0 Å². The Hall–Kier alpha value is -4.35. The first-order chi connectivity index (χ1) is 16.3. The van der Waals surface area contributed by atoms with Crippen LogP contribution in [0.5, 0.6) is 0 Å². The summed E-state index contributed by atoms with van der Waals surface area (Å²) in [5.41, 5.74) is 11.0. The Bertz CT molecular complexity index is 1800. The highest BCUT2D eigenvalue weighted by molar-refractivity contribution is 6.22. The minimum Gasteiger partial charge on any atom is -0.356 e. The molecule has 0 aliphatic heterocycles. The largest absolute Gasteiger partial charge is 0.356 e. The van der Waals surface area contributed by atoms with E-state index in [-0.39, 0.29) is 11.8 Å². The quantitative estimate of drug-likeness (QED) is 0.241. The molecule has 0 unspecified atom stereocenters. The van der Waals surface area contributed by atoms with Gasteiger partial charge in [-0.2, -0.15) is 0 Å². The second-order valence-corrected chi connectivity index (χ2v) is 9.22. The first kappa shape index (κ1) is 17.2. The van der Waals surface area contributed by atoms with Crippen molar-refractivity contribution in [3.05, 3.63) is 136 Å². The van der Waals surface area contributed by atoms with Crippen LogP contribution in [0.25, 0.3) is 37.4 Å². The summed E-state index contributed by atoms with van der Waals surface area (Å²) in [6, 6.07) is 32.8. The smallest absolute Gasteiger partial charge is 0.193 e. The zero-order valence-electron chi connectivity index (χ0n) is 17.8. The maximum atomic E-state index is 8.08. The number of hydrogen-bond donors (Lipinski definition) is 1. The Morgan fingerprint density at radius 3 is 1.88 bits per heavy atom. The molecule has 5 aromatic carbocycles. The zero-order valence-corrected chi connectivity index (χ0v) is 17.8. The Morgan fingerprint density at radius 1 is 0.606 bits per heavy atom. The predicted molar refractivity (Wildman–Crippen MR) is 134 cm³/mol. The highest BCUT2D eigenvalue weighted by Gasteiger charge is 2.43. The van der Waals surface area contributed by atoms with Gasteiger partial charge in [-0.15, -0.1) is 0 Å². The van der Waals surface area contributed by atoms with Gasteiger partial charge in [0.2, 0.25) is 0 Å². The van der Waals surface area contributed by atoms with Crippen molar-refractivity contribution < 1.29 is 0 Å². The molecule has 0 saturated heterocycles. The number of hydrogen-bond acceptors (Lipinski definition) is 0. The van der Waals surface area contributed by atoms with E-state index in [2.05, 4.69) is 101 Å². The van der Waals surface area contributed by atoms with E-state index in [1.165, 1.54) is 54.9 Å². The van der Waals surface area contributed by atoms with Gasteiger partial charge in [0.15, 0.2) is 5.69 Å². The Kier molecular flexibility index (Phi) is 3.09. The normalized spacial score (nSPS) is 17.7. The van der Waals surface area contributed by atoms with Crippen molar-refractivity contribution in [2.75, 3.05) is 0 Å². The molecule has 0 amide bonds. The summed E-state index contributed by atoms with van der Waals surface area (Å²) in [7, 11) is 0. The highest BCUT2D eigenvalue weighted by Crippen LogP contribution is 2.60. The van der Waals surface area contributed by atoms with E-state index < -0.39 is 0 Å². The molecule has 1 N–H and O–H groups in total. The molecule has 6 aromatic rings. The molecule has 0 fully saturated rings. The average molecular weight is 418 g/mol. The van der Waals surface area contributed by atoms with E-state index in [0.29, 0.717) is 0 Å². The molecular formula is C31H18N2. The van der Waals surface area contributed by atoms with Gasteiger partial charge < -0.3 is 4.98 Å². The van der Waals surface area contributed by atoms with Crippen molar-refractivity contribution in [3.8, 4) is 0 Å². The van der Waals surface area contributed by atoms with Gasteiger partial charge in [-0.3, -0.25) is 0 Å². The fourth-order valence-electron chi connectivity index (χ4n) is 6.59. The van der Waals surface area contributed by atoms with Gasteiger partial charge in [-0.05, 0) is 56.3 Å². The second-order valence-electron chi connectivity index (χ2n) is 9.22. The van der Waals surface area contributed by atoms with Gasteiger partial charge in [0.1, 0.15) is 0 Å². The first-order valence-electron chi connectivity index (χ1n) is 11.4. The minimum atomic E-state index is 0.103. The standard InChI is InChI=1S/C31H18N2/c1-32-24-16-25-30(28-18-9-3-2-8-17(18)14-15-23(28)33-25)31-27-21-12-6-4-10-19(21)26(29(24)31)20-11-5-7-13-22(20)27/h2-16,26-27,33H. The van der Waals surface area contributed by atoms with Crippen LogP contribution < -0.4 is 0 Å². The van der Waals surface area contributed by atoms with Gasteiger partial charge in [0, 0.05) is 33.6 Å². The van der Waals surface area contributed by atoms with E-state index >= 15 is 0 Å². The van der Waals surface area contributed by atoms with Gasteiger partial charge >= 0.3 is 0 Å². The lowest BCUT2D eigenvalue weighted by molar-refractivity contribution is 0.764. The molecule has 0 atom stereocenters. The molecule has 0 saturated carbocycles. The third-order valence-corrected chi connectivity index (χ3v) is 7.77. The molecule has 2 nitrogen and oxygen atoms in total. The van der Waals surface area contributed by atoms with Crippen molar-refractivity contribution in [2.24, 2.45) is 0 Å². The molecule has 9 rings (SSSR count). The monoisotopic (exact) mass is 418 g/mol. The van der Waals surface area contributed by atoms with Crippen LogP contribution in [-0.2, 0) is 0 Å². The number of rotatable bonds is 0. The van der Waals surface area contributed by atoms with E-state index in [1.807, 2.05) is 0 Å². The Morgan fingerprint density at radius 2 is 1.21 bits per heavy atom. The van der Waals surface area contributed by atoms with Crippen molar-refractivity contribution in [2.45, 2.75) is 11.8 Å². The fraction of sp³-hybridized carbons (Fsp3) is 0.0645. The SMILES string of the molecule is [C-]#[N+]c1cc2[nH]c3ccc4ccccc4c3c2c2c1C1c3ccccc3C2c2ccccc21. The van der Waals surface area contributed by atoms with E-state index in [0.717, 1.165) is 16.7 Å². The third kappa shape index (κ3) is 1.99. The number of nitrogens with one attached hydrogen (secondary N) is 1. The van der Waals surface area contributed by atoms with Crippen LogP contribution in [0.3, 0.4) is 0 Å². The average Bonchev–Trinajstić information content (AvgIpc) is 3.27. The molecule has 3 aliphatic carbocycles. The number of nitrogens with zero attached hydrogens (tertiary/aromatic N) is 1. The Balaban J connectivity index is 1.64. The molecule has 1 aromatic heterocycles. The van der Waals surface area contributed by atoms with Crippen molar-refractivity contribution in [1.29, 1.82) is 0 Å². The second kappa shape index (κ2) is 5.91. The fourth-order valence-corrected chi connectivity index (χ4v) is 6.59. The zero-order chi connectivity index (χ0) is 21.7. The summed E-state index contributed by atoms with van der Waals surface area (Å²) in [6.07, 6.45) is 0. The summed E-state index contributed by atoms with van der Waals surface area (Å²) >= 11 is 0. The van der Waals surface area contributed by atoms with Crippen LogP contribution >= 0.6 is 0 Å². The van der Waals surface area contributed by atoms with E-state index in [4.69, 9.17) is 6.57 Å². The van der Waals surface area contributed by atoms with Gasteiger partial charge in [-0.25, -0.2) is 4.85 Å². The molecule has 0 spiro atoms. The van der Waals surface area contributed by atoms with Crippen LogP contribution in [0, 0.1) is 6.57 Å². The van der Waals surface area contributed by atoms with Crippen molar-refractivity contribution in [1.82, 2.24) is 4.98 Å². The minimum absolute atomic E-state index is 0.103. The molecule has 152 valence electrons. The van der Waals surface area contributed by atoms with Gasteiger partial charge in [0.25, 0.3) is 0 Å². The summed E-state index contributed by atoms with van der Waals surface area (Å²) in [5, 5.41) is 5.07. The molecule has 3 aliphatic rings. The van der Waals surface area contributed by atoms with E-state index in [1.54, 1.807) is 0 Å². The lowest BCUT2D eigenvalue weighted by atomic mass is 9.60. The van der Waals surface area contributed by atoms with Gasteiger partial charge in [-0.1, -0.05) is 78.9 Å². The number of fused-ring (bicyclic) bond motifs is 5. The molecule has 2 heteroatoms. The number of aromatic amines is 1. The summed E-state index contributed by atoms with van der Waals surface area (Å²) in [6.45, 7) is 8.08. The number of aromatic nitrogens is 1. The third-order valence-electron chi connectivity index (χ3n) is 7.77.